The minimum Gasteiger partial charge on any atom is -0.354 e. The molecule has 0 aliphatic carbocycles. The number of alkyl halides is 1. The summed E-state index contributed by atoms with van der Waals surface area (Å²) in [5, 5.41) is 6.84. The van der Waals surface area contributed by atoms with Crippen LogP contribution in [0.2, 0.25) is 0 Å². The molecular weight excluding hydrogens is 509 g/mol. The number of nitrogens with zero attached hydrogens (tertiary/aromatic N) is 3. The van der Waals surface area contributed by atoms with E-state index in [2.05, 4.69) is 15.6 Å². The first-order valence-electron chi connectivity index (χ1n) is 13.4. The van der Waals surface area contributed by atoms with E-state index in [1.54, 1.807) is 23.2 Å². The summed E-state index contributed by atoms with van der Waals surface area (Å²) in [6.07, 6.45) is 5.31. The first-order chi connectivity index (χ1) is 19.4. The van der Waals surface area contributed by atoms with Gasteiger partial charge in [0.15, 0.2) is 5.78 Å². The molecule has 206 valence electrons. The summed E-state index contributed by atoms with van der Waals surface area (Å²) in [4.78, 5) is 44.2. The lowest BCUT2D eigenvalue weighted by Gasteiger charge is -2.24. The zero-order chi connectivity index (χ0) is 28.1. The van der Waals surface area contributed by atoms with E-state index in [-0.39, 0.29) is 37.1 Å². The third-order valence-corrected chi connectivity index (χ3v) is 7.17. The van der Waals surface area contributed by atoms with Crippen LogP contribution in [0.4, 0.5) is 15.8 Å². The van der Waals surface area contributed by atoms with E-state index in [0.717, 1.165) is 24.2 Å². The summed E-state index contributed by atoms with van der Waals surface area (Å²) in [5.74, 6) is -0.837. The van der Waals surface area contributed by atoms with Gasteiger partial charge in [-0.05, 0) is 55.7 Å². The van der Waals surface area contributed by atoms with E-state index >= 15 is 0 Å². The predicted octanol–water partition coefficient (Wildman–Crippen LogP) is 4.67. The number of nitrogens with one attached hydrogen (secondary N) is 2. The van der Waals surface area contributed by atoms with Crippen LogP contribution in [-0.2, 0) is 22.6 Å². The average molecular weight is 542 g/mol. The lowest BCUT2D eigenvalue weighted by atomic mass is 10.1. The van der Waals surface area contributed by atoms with Crippen LogP contribution in [0.15, 0.2) is 79.3 Å². The quantitative estimate of drug-likeness (QED) is 0.225. The maximum atomic E-state index is 14.4. The molecule has 2 aromatic heterocycles. The highest BCUT2D eigenvalue weighted by Gasteiger charge is 2.39. The van der Waals surface area contributed by atoms with Gasteiger partial charge in [0, 0.05) is 47.5 Å². The van der Waals surface area contributed by atoms with Crippen molar-refractivity contribution < 1.29 is 18.8 Å². The summed E-state index contributed by atoms with van der Waals surface area (Å²) in [6, 6.07) is 18.4. The van der Waals surface area contributed by atoms with E-state index in [1.165, 1.54) is 17.4 Å². The summed E-state index contributed by atoms with van der Waals surface area (Å²) in [6.45, 7) is 1.69. The van der Waals surface area contributed by atoms with E-state index in [4.69, 9.17) is 0 Å². The van der Waals surface area contributed by atoms with Crippen LogP contribution in [0.25, 0.3) is 10.9 Å². The number of carbonyl (C=O) groups is 3. The van der Waals surface area contributed by atoms with Crippen LogP contribution >= 0.6 is 0 Å². The minimum absolute atomic E-state index is 0.0231. The number of benzene rings is 2. The molecule has 1 saturated heterocycles. The van der Waals surface area contributed by atoms with Gasteiger partial charge < -0.3 is 20.1 Å². The zero-order valence-electron chi connectivity index (χ0n) is 22.3. The largest absolute Gasteiger partial charge is 0.354 e. The molecule has 1 aliphatic heterocycles. The van der Waals surface area contributed by atoms with E-state index < -0.39 is 12.2 Å². The Hall–Kier alpha value is -4.53. The lowest BCUT2D eigenvalue weighted by molar-refractivity contribution is -0.138. The third-order valence-electron chi connectivity index (χ3n) is 7.17. The predicted molar refractivity (Wildman–Crippen MR) is 152 cm³/mol. The van der Waals surface area contributed by atoms with Crippen molar-refractivity contribution in [2.75, 3.05) is 18.4 Å². The topological polar surface area (TPSA) is 96.3 Å². The fourth-order valence-electron chi connectivity index (χ4n) is 5.20. The number of Topliss-reactive ketones (excluding diaryl/α,β-unsaturated/α-hetero) is 1. The van der Waals surface area contributed by atoms with Crippen molar-refractivity contribution in [1.82, 2.24) is 19.8 Å². The van der Waals surface area contributed by atoms with Crippen molar-refractivity contribution in [3.63, 3.8) is 0 Å². The van der Waals surface area contributed by atoms with Crippen molar-refractivity contribution >= 4 is 39.9 Å². The standard InChI is InChI=1S/C31H32FN5O3/c1-21(38)27-19-36(28-12-11-24(16-26(27)28)35-25-10-6-13-33-17-25)20-30(39)37-18-23(32)15-29(37)31(40)34-14-5-9-22-7-3-2-4-8-22/h2-4,6-8,10-13,16-17,19,23,29,35H,5,9,14-15,18,20H2,1H3,(H,34,40)/t23-,29+/m1/s1. The first-order valence-corrected chi connectivity index (χ1v) is 13.4. The number of hydrogen-bond donors (Lipinski definition) is 2. The van der Waals surface area contributed by atoms with Gasteiger partial charge >= 0.3 is 0 Å². The third kappa shape index (κ3) is 6.20. The number of anilines is 2. The molecule has 8 nitrogen and oxygen atoms in total. The van der Waals surface area contributed by atoms with Crippen LogP contribution in [0.5, 0.6) is 0 Å². The Labute approximate surface area is 232 Å². The highest BCUT2D eigenvalue weighted by Crippen LogP contribution is 2.28. The molecule has 2 atom stereocenters. The Kier molecular flexibility index (Phi) is 8.19. The Balaban J connectivity index is 1.27. The van der Waals surface area contributed by atoms with Crippen LogP contribution in [-0.4, -0.2) is 57.4 Å². The second kappa shape index (κ2) is 12.1. The molecule has 4 aromatic rings. The number of hydrogen-bond acceptors (Lipinski definition) is 5. The minimum atomic E-state index is -1.26. The van der Waals surface area contributed by atoms with Gasteiger partial charge in [-0.1, -0.05) is 30.3 Å². The van der Waals surface area contributed by atoms with Gasteiger partial charge in [0.25, 0.3) is 0 Å². The Morgan fingerprint density at radius 3 is 2.62 bits per heavy atom. The smallest absolute Gasteiger partial charge is 0.243 e. The molecule has 2 N–H and O–H groups in total. The van der Waals surface area contributed by atoms with Gasteiger partial charge in [0.05, 0.1) is 18.4 Å². The number of rotatable bonds is 10. The Morgan fingerprint density at radius 1 is 1.05 bits per heavy atom. The van der Waals surface area contributed by atoms with Crippen LogP contribution in [0.3, 0.4) is 0 Å². The highest BCUT2D eigenvalue weighted by atomic mass is 19.1. The number of ketones is 1. The van der Waals surface area contributed by atoms with Gasteiger partial charge in [0.1, 0.15) is 18.8 Å². The molecule has 1 aliphatic rings. The number of aromatic nitrogens is 2. The van der Waals surface area contributed by atoms with Gasteiger partial charge in [-0.25, -0.2) is 4.39 Å². The molecule has 0 spiro atoms. The number of halogens is 1. The second-order valence-corrected chi connectivity index (χ2v) is 10.1. The molecule has 2 amide bonds. The van der Waals surface area contributed by atoms with Gasteiger partial charge in [0.2, 0.25) is 11.8 Å². The molecule has 9 heteroatoms. The van der Waals surface area contributed by atoms with Crippen LogP contribution in [0, 0.1) is 0 Å². The van der Waals surface area contributed by atoms with Crippen LogP contribution in [0.1, 0.15) is 35.7 Å². The maximum Gasteiger partial charge on any atom is 0.243 e. The number of likely N-dealkylation sites (tertiary alicyclic amines) is 1. The molecule has 1 fully saturated rings. The molecule has 5 rings (SSSR count). The molecule has 2 aromatic carbocycles. The monoisotopic (exact) mass is 541 g/mol. The summed E-state index contributed by atoms with van der Waals surface area (Å²) in [7, 11) is 0. The number of pyridine rings is 1. The normalized spacial score (nSPS) is 16.7. The summed E-state index contributed by atoms with van der Waals surface area (Å²) in [5.41, 5.74) is 3.95. The van der Waals surface area contributed by atoms with E-state index in [1.807, 2.05) is 60.7 Å². The maximum absolute atomic E-state index is 14.4. The lowest BCUT2D eigenvalue weighted by Crippen LogP contribution is -2.47. The molecule has 0 saturated carbocycles. The SMILES string of the molecule is CC(=O)c1cn(CC(=O)N2C[C@H](F)C[C@H]2C(=O)NCCCc2ccccc2)c2ccc(Nc3cccnc3)cc12. The van der Waals surface area contributed by atoms with Gasteiger partial charge in [-0.2, -0.15) is 0 Å². The fourth-order valence-corrected chi connectivity index (χ4v) is 5.20. The molecule has 0 bridgehead atoms. The van der Waals surface area contributed by atoms with Crippen molar-refractivity contribution in [3.8, 4) is 0 Å². The molecule has 40 heavy (non-hydrogen) atoms. The van der Waals surface area contributed by atoms with Crippen molar-refractivity contribution in [2.45, 2.75) is 44.9 Å². The number of amides is 2. The first kappa shape index (κ1) is 27.1. The van der Waals surface area contributed by atoms with Crippen molar-refractivity contribution in [2.24, 2.45) is 0 Å². The molecular formula is C31H32FN5O3. The Bertz CT molecular complexity index is 1510. The van der Waals surface area contributed by atoms with Crippen molar-refractivity contribution in [3.05, 3.63) is 90.4 Å². The van der Waals surface area contributed by atoms with E-state index in [9.17, 15) is 18.8 Å². The Morgan fingerprint density at radius 2 is 1.88 bits per heavy atom. The van der Waals surface area contributed by atoms with Crippen molar-refractivity contribution in [1.29, 1.82) is 0 Å². The fraction of sp³-hybridized carbons (Fsp3) is 0.290. The second-order valence-electron chi connectivity index (χ2n) is 10.1. The summed E-state index contributed by atoms with van der Waals surface area (Å²) >= 11 is 0. The summed E-state index contributed by atoms with van der Waals surface area (Å²) < 4.78 is 16.1. The molecule has 0 radical (unpaired) electrons. The number of aryl methyl sites for hydroxylation is 1. The highest BCUT2D eigenvalue weighted by molar-refractivity contribution is 6.08. The number of carbonyl (C=O) groups excluding carboxylic acids is 3. The molecule has 3 heterocycles. The van der Waals surface area contributed by atoms with E-state index in [0.29, 0.717) is 23.0 Å². The van der Waals surface area contributed by atoms with Gasteiger partial charge in [-0.3, -0.25) is 19.4 Å². The van der Waals surface area contributed by atoms with Gasteiger partial charge in [-0.15, -0.1) is 0 Å². The van der Waals surface area contributed by atoms with Crippen LogP contribution < -0.4 is 10.6 Å². The average Bonchev–Trinajstić information content (AvgIpc) is 3.52. The number of fused-ring (bicyclic) bond motifs is 1. The zero-order valence-corrected chi connectivity index (χ0v) is 22.3. The molecule has 0 unspecified atom stereocenters.